The average molecular weight is 882 g/mol. The minimum Gasteiger partial charge on any atom is -0.372 e. The van der Waals surface area contributed by atoms with Crippen molar-refractivity contribution < 1.29 is 23.9 Å². The van der Waals surface area contributed by atoms with Crippen molar-refractivity contribution in [3.63, 3.8) is 0 Å². The molecule has 0 aliphatic carbocycles. The third-order valence-electron chi connectivity index (χ3n) is 12.2. The highest BCUT2D eigenvalue weighted by molar-refractivity contribution is 5.95. The van der Waals surface area contributed by atoms with Crippen molar-refractivity contribution in [3.8, 4) is 0 Å². The standard InChI is InChI=1S/C54H55N7O5/c1-38(62)58-48(32-46-34-60(37-57-46)54(43-20-8-3-9-21-43,44-22-10-4-11-23-44)45-24-12-5-13-25-45)51(63)59-49(31-39-16-6-2-7-17-39)53(65)61-35-47(33-50(61)52(64)56-29-28-55)66-36-40-26-27-41-18-14-15-19-42(41)30-40/h2-27,30,34,37,47-50H,28-29,31-33,35-36,55H2,1H3,(H,56,64)(H,58,62)(H,59,63)/t47-,48-,49-,50-/m1/s1. The fourth-order valence-corrected chi connectivity index (χ4v) is 9.09. The molecule has 0 unspecified atom stereocenters. The number of amides is 4. The zero-order valence-electron chi connectivity index (χ0n) is 37.0. The van der Waals surface area contributed by atoms with E-state index in [0.29, 0.717) is 5.69 Å². The van der Waals surface area contributed by atoms with E-state index in [0.717, 1.165) is 38.6 Å². The van der Waals surface area contributed by atoms with Crippen LogP contribution in [0, 0.1) is 0 Å². The minimum atomic E-state index is -1.10. The molecule has 8 rings (SSSR count). The third-order valence-corrected chi connectivity index (χ3v) is 12.2. The molecule has 5 N–H and O–H groups in total. The van der Waals surface area contributed by atoms with Crippen molar-refractivity contribution in [2.45, 2.75) is 62.6 Å². The predicted molar refractivity (Wildman–Crippen MR) is 255 cm³/mol. The largest absolute Gasteiger partial charge is 0.372 e. The molecule has 0 radical (unpaired) electrons. The Labute approximate surface area is 385 Å². The molecule has 12 heteroatoms. The molecule has 0 bridgehead atoms. The van der Waals surface area contributed by atoms with Gasteiger partial charge in [0.05, 0.1) is 24.7 Å². The van der Waals surface area contributed by atoms with E-state index in [1.165, 1.54) is 11.8 Å². The number of likely N-dealkylation sites (tertiary alicyclic amines) is 1. The number of hydrogen-bond acceptors (Lipinski definition) is 7. The van der Waals surface area contributed by atoms with Gasteiger partial charge in [-0.2, -0.15) is 0 Å². The van der Waals surface area contributed by atoms with Crippen LogP contribution >= 0.6 is 0 Å². The van der Waals surface area contributed by atoms with Gasteiger partial charge in [0.1, 0.15) is 23.7 Å². The van der Waals surface area contributed by atoms with Gasteiger partial charge in [0.25, 0.3) is 0 Å². The van der Waals surface area contributed by atoms with Crippen molar-refractivity contribution in [1.82, 2.24) is 30.4 Å². The molecule has 0 spiro atoms. The van der Waals surface area contributed by atoms with Gasteiger partial charge in [-0.25, -0.2) is 4.98 Å². The van der Waals surface area contributed by atoms with E-state index in [1.54, 1.807) is 6.33 Å². The normalized spacial score (nSPS) is 15.8. The van der Waals surface area contributed by atoms with E-state index in [2.05, 4.69) is 69.0 Å². The molecule has 1 saturated heterocycles. The second-order valence-corrected chi connectivity index (χ2v) is 16.7. The first-order valence-corrected chi connectivity index (χ1v) is 22.4. The summed E-state index contributed by atoms with van der Waals surface area (Å²) in [5.41, 5.74) is 10.2. The van der Waals surface area contributed by atoms with Crippen LogP contribution in [0.25, 0.3) is 10.8 Å². The number of nitrogens with two attached hydrogens (primary N) is 1. The number of ether oxygens (including phenoxy) is 1. The SMILES string of the molecule is CC(=O)N[C@H](Cc1cn(C(c2ccccc2)(c2ccccc2)c2ccccc2)cn1)C(=O)N[C@H](Cc1ccccc1)C(=O)N1C[C@H](OCc2ccc3ccccc3c2)C[C@@H]1C(=O)NCCN. The monoisotopic (exact) mass is 881 g/mol. The predicted octanol–water partition coefficient (Wildman–Crippen LogP) is 5.91. The maximum absolute atomic E-state index is 14.9. The highest BCUT2D eigenvalue weighted by atomic mass is 16.5. The number of carbonyl (C=O) groups excluding carboxylic acids is 4. The van der Waals surface area contributed by atoms with E-state index >= 15 is 0 Å². The summed E-state index contributed by atoms with van der Waals surface area (Å²) in [5.74, 6) is -1.78. The third kappa shape index (κ3) is 10.3. The highest BCUT2D eigenvalue weighted by Crippen LogP contribution is 2.41. The number of fused-ring (bicyclic) bond motifs is 1. The van der Waals surface area contributed by atoms with Crippen LogP contribution in [-0.4, -0.2) is 81.9 Å². The molecular formula is C54H55N7O5. The van der Waals surface area contributed by atoms with E-state index in [-0.39, 0.29) is 51.4 Å². The Hall–Kier alpha value is -7.41. The quantitative estimate of drug-likeness (QED) is 0.0780. The molecule has 1 aliphatic rings. The molecule has 4 atom stereocenters. The van der Waals surface area contributed by atoms with Gasteiger partial charge in [-0.05, 0) is 44.7 Å². The molecule has 336 valence electrons. The lowest BCUT2D eigenvalue weighted by Gasteiger charge is -2.37. The van der Waals surface area contributed by atoms with Crippen LogP contribution in [0.1, 0.15) is 46.9 Å². The summed E-state index contributed by atoms with van der Waals surface area (Å²) in [6.07, 6.45) is 3.63. The first-order valence-electron chi connectivity index (χ1n) is 22.4. The number of benzene rings is 6. The van der Waals surface area contributed by atoms with Crippen LogP contribution < -0.4 is 21.7 Å². The summed E-state index contributed by atoms with van der Waals surface area (Å²) >= 11 is 0. The second-order valence-electron chi connectivity index (χ2n) is 16.7. The number of imidazole rings is 1. The van der Waals surface area contributed by atoms with Gasteiger partial charge < -0.3 is 35.9 Å². The lowest BCUT2D eigenvalue weighted by Crippen LogP contribution is -2.57. The van der Waals surface area contributed by atoms with Crippen molar-refractivity contribution >= 4 is 34.4 Å². The Balaban J connectivity index is 1.07. The molecule has 1 aliphatic heterocycles. The summed E-state index contributed by atoms with van der Waals surface area (Å²) in [6, 6.07) is 51.0. The van der Waals surface area contributed by atoms with Gasteiger partial charge in [-0.15, -0.1) is 0 Å². The van der Waals surface area contributed by atoms with Crippen molar-refractivity contribution in [3.05, 3.63) is 210 Å². The molecule has 12 nitrogen and oxygen atoms in total. The Bertz CT molecular complexity index is 2640. The van der Waals surface area contributed by atoms with Crippen LogP contribution in [0.5, 0.6) is 0 Å². The Kier molecular flexibility index (Phi) is 14.4. The van der Waals surface area contributed by atoms with Crippen molar-refractivity contribution in [2.24, 2.45) is 5.73 Å². The van der Waals surface area contributed by atoms with Gasteiger partial charge >= 0.3 is 0 Å². The molecular weight excluding hydrogens is 827 g/mol. The van der Waals surface area contributed by atoms with Crippen LogP contribution in [0.15, 0.2) is 176 Å². The van der Waals surface area contributed by atoms with Crippen LogP contribution in [-0.2, 0) is 48.9 Å². The van der Waals surface area contributed by atoms with E-state index in [1.807, 2.05) is 121 Å². The number of carbonyl (C=O) groups is 4. The molecule has 2 heterocycles. The van der Waals surface area contributed by atoms with Gasteiger partial charge in [-0.3, -0.25) is 19.2 Å². The molecule has 4 amide bonds. The lowest BCUT2D eigenvalue weighted by molar-refractivity contribution is -0.142. The van der Waals surface area contributed by atoms with Crippen molar-refractivity contribution in [1.29, 1.82) is 0 Å². The molecule has 7 aromatic rings. The number of rotatable bonds is 18. The fraction of sp³-hybridized carbons (Fsp3) is 0.241. The summed E-state index contributed by atoms with van der Waals surface area (Å²) in [4.78, 5) is 62.4. The van der Waals surface area contributed by atoms with Gasteiger partial charge in [0, 0.05) is 52.0 Å². The summed E-state index contributed by atoms with van der Waals surface area (Å²) in [6.45, 7) is 2.24. The van der Waals surface area contributed by atoms with Crippen LogP contribution in [0.2, 0.25) is 0 Å². The summed E-state index contributed by atoms with van der Waals surface area (Å²) in [5, 5.41) is 10.9. The topological polar surface area (TPSA) is 161 Å². The minimum absolute atomic E-state index is 0.0254. The zero-order chi connectivity index (χ0) is 45.9. The molecule has 6 aromatic carbocycles. The maximum atomic E-state index is 14.9. The van der Waals surface area contributed by atoms with Crippen molar-refractivity contribution in [2.75, 3.05) is 19.6 Å². The smallest absolute Gasteiger partial charge is 0.246 e. The Morgan fingerprint density at radius 2 is 1.30 bits per heavy atom. The van der Waals surface area contributed by atoms with E-state index in [4.69, 9.17) is 15.5 Å². The first-order chi connectivity index (χ1) is 32.2. The first kappa shape index (κ1) is 45.2. The van der Waals surface area contributed by atoms with Crippen LogP contribution in [0.4, 0.5) is 0 Å². The maximum Gasteiger partial charge on any atom is 0.246 e. The molecule has 66 heavy (non-hydrogen) atoms. The van der Waals surface area contributed by atoms with E-state index < -0.39 is 47.5 Å². The van der Waals surface area contributed by atoms with Gasteiger partial charge in [0.2, 0.25) is 23.6 Å². The molecule has 1 fully saturated rings. The number of nitrogens with zero attached hydrogens (tertiary/aromatic N) is 3. The number of nitrogens with one attached hydrogen (secondary N) is 3. The molecule has 1 aromatic heterocycles. The zero-order valence-corrected chi connectivity index (χ0v) is 37.0. The van der Waals surface area contributed by atoms with E-state index in [9.17, 15) is 19.2 Å². The highest BCUT2D eigenvalue weighted by Gasteiger charge is 2.43. The number of hydrogen-bond donors (Lipinski definition) is 4. The summed E-state index contributed by atoms with van der Waals surface area (Å²) < 4.78 is 8.45. The van der Waals surface area contributed by atoms with Gasteiger partial charge in [-0.1, -0.05) is 158 Å². The summed E-state index contributed by atoms with van der Waals surface area (Å²) in [7, 11) is 0. The number of aromatic nitrogens is 2. The second kappa shape index (κ2) is 21.1. The van der Waals surface area contributed by atoms with Crippen LogP contribution in [0.3, 0.4) is 0 Å². The molecule has 0 saturated carbocycles. The van der Waals surface area contributed by atoms with Gasteiger partial charge in [0.15, 0.2) is 0 Å². The Morgan fingerprint density at radius 1 is 0.712 bits per heavy atom. The fourth-order valence-electron chi connectivity index (χ4n) is 9.09. The lowest BCUT2D eigenvalue weighted by atomic mass is 9.77. The Morgan fingerprint density at radius 3 is 1.91 bits per heavy atom. The average Bonchev–Trinajstić information content (AvgIpc) is 4.01.